The molecular formula is C8H8ClN3O2S. The molecule has 1 heterocycles. The summed E-state index contributed by atoms with van der Waals surface area (Å²) in [5.41, 5.74) is 0.194. The average Bonchev–Trinajstić information content (AvgIpc) is 2.15. The van der Waals surface area contributed by atoms with Crippen LogP contribution < -0.4 is 4.31 Å². The summed E-state index contributed by atoms with van der Waals surface area (Å²) in [6, 6.07) is 4.66. The minimum atomic E-state index is -3.40. The molecule has 7 heteroatoms. The van der Waals surface area contributed by atoms with Gasteiger partial charge in [-0.25, -0.2) is 13.4 Å². The molecule has 1 rings (SSSR count). The molecule has 1 aromatic rings. The van der Waals surface area contributed by atoms with Gasteiger partial charge >= 0.3 is 0 Å². The number of pyridine rings is 1. The lowest BCUT2D eigenvalue weighted by Crippen LogP contribution is -2.25. The first-order chi connectivity index (χ1) is 6.86. The van der Waals surface area contributed by atoms with Crippen molar-refractivity contribution < 1.29 is 8.42 Å². The molecule has 0 radical (unpaired) electrons. The zero-order chi connectivity index (χ0) is 11.6. The summed E-state index contributed by atoms with van der Waals surface area (Å²) in [5, 5.41) is 8.92. The van der Waals surface area contributed by atoms with E-state index in [-0.39, 0.29) is 16.5 Å². The maximum atomic E-state index is 11.2. The van der Waals surface area contributed by atoms with Crippen molar-refractivity contribution >= 4 is 27.3 Å². The summed E-state index contributed by atoms with van der Waals surface area (Å²) in [6.45, 7) is 0. The molecule has 0 saturated heterocycles. The molecule has 0 N–H and O–H groups in total. The lowest BCUT2D eigenvalue weighted by molar-refractivity contribution is 0.600. The molecule has 15 heavy (non-hydrogen) atoms. The Morgan fingerprint density at radius 3 is 2.60 bits per heavy atom. The van der Waals surface area contributed by atoms with Gasteiger partial charge in [0.15, 0.2) is 5.69 Å². The molecule has 0 bridgehead atoms. The number of anilines is 1. The molecule has 0 amide bonds. The highest BCUT2D eigenvalue weighted by Gasteiger charge is 2.16. The molecule has 0 unspecified atom stereocenters. The number of sulfonamides is 1. The van der Waals surface area contributed by atoms with E-state index in [0.29, 0.717) is 0 Å². The SMILES string of the molecule is CN(c1ccc(Cl)nc1C#N)S(C)(=O)=O. The van der Waals surface area contributed by atoms with Gasteiger partial charge in [0.2, 0.25) is 10.0 Å². The molecule has 0 atom stereocenters. The maximum Gasteiger partial charge on any atom is 0.232 e. The normalized spacial score (nSPS) is 10.8. The number of halogens is 1. The third-order valence-corrected chi connectivity index (χ3v) is 3.18. The van der Waals surface area contributed by atoms with Crippen LogP contribution in [0.1, 0.15) is 5.69 Å². The molecule has 5 nitrogen and oxygen atoms in total. The second-order valence-electron chi connectivity index (χ2n) is 2.84. The van der Waals surface area contributed by atoms with Crippen LogP contribution in [-0.4, -0.2) is 26.7 Å². The zero-order valence-electron chi connectivity index (χ0n) is 8.10. The molecule has 0 aliphatic heterocycles. The molecule has 0 spiro atoms. The zero-order valence-corrected chi connectivity index (χ0v) is 9.67. The van der Waals surface area contributed by atoms with E-state index >= 15 is 0 Å². The first-order valence-corrected chi connectivity index (χ1v) is 6.09. The summed E-state index contributed by atoms with van der Waals surface area (Å²) in [7, 11) is -2.05. The van der Waals surface area contributed by atoms with Crippen LogP contribution in [0.5, 0.6) is 0 Å². The van der Waals surface area contributed by atoms with Gasteiger partial charge in [-0.05, 0) is 12.1 Å². The fourth-order valence-corrected chi connectivity index (χ4v) is 1.60. The quantitative estimate of drug-likeness (QED) is 0.729. The molecule has 0 aliphatic rings. The Hall–Kier alpha value is -1.32. The smallest absolute Gasteiger partial charge is 0.232 e. The van der Waals surface area contributed by atoms with Crippen LogP contribution in [0, 0.1) is 11.3 Å². The number of nitriles is 1. The van der Waals surface area contributed by atoms with E-state index < -0.39 is 10.0 Å². The Morgan fingerprint density at radius 2 is 2.13 bits per heavy atom. The van der Waals surface area contributed by atoms with Gasteiger partial charge < -0.3 is 0 Å². The molecule has 1 aromatic heterocycles. The lowest BCUT2D eigenvalue weighted by atomic mass is 10.3. The van der Waals surface area contributed by atoms with Gasteiger partial charge in [0.1, 0.15) is 11.2 Å². The van der Waals surface area contributed by atoms with Crippen LogP contribution in [0.3, 0.4) is 0 Å². The third kappa shape index (κ3) is 2.58. The summed E-state index contributed by atoms with van der Waals surface area (Å²) in [6.07, 6.45) is 1.04. The van der Waals surface area contributed by atoms with Crippen LogP contribution in [-0.2, 0) is 10.0 Å². The highest BCUT2D eigenvalue weighted by Crippen LogP contribution is 2.21. The summed E-state index contributed by atoms with van der Waals surface area (Å²) >= 11 is 5.58. The van der Waals surface area contributed by atoms with Gasteiger partial charge in [-0.3, -0.25) is 4.31 Å². The fourth-order valence-electron chi connectivity index (χ4n) is 0.943. The highest BCUT2D eigenvalue weighted by molar-refractivity contribution is 7.92. The number of hydrogen-bond donors (Lipinski definition) is 0. The summed E-state index contributed by atoms with van der Waals surface area (Å²) in [5.74, 6) is 0. The molecule has 0 aromatic carbocycles. The molecule has 0 fully saturated rings. The standard InChI is InChI=1S/C8H8ClN3O2S/c1-12(15(2,13)14)7-3-4-8(9)11-6(7)5-10/h3-4H,1-2H3. The largest absolute Gasteiger partial charge is 0.271 e. The Bertz CT molecular complexity index is 521. The van der Waals surface area contributed by atoms with E-state index in [1.54, 1.807) is 6.07 Å². The van der Waals surface area contributed by atoms with Crippen molar-refractivity contribution in [3.05, 3.63) is 23.0 Å². The number of hydrogen-bond acceptors (Lipinski definition) is 4. The van der Waals surface area contributed by atoms with Crippen molar-refractivity contribution in [1.29, 1.82) is 5.26 Å². The van der Waals surface area contributed by atoms with Crippen molar-refractivity contribution in [3.8, 4) is 6.07 Å². The molecular weight excluding hydrogens is 238 g/mol. The van der Waals surface area contributed by atoms with Crippen molar-refractivity contribution in [2.75, 3.05) is 17.6 Å². The number of rotatable bonds is 2. The van der Waals surface area contributed by atoms with Gasteiger partial charge in [0.05, 0.1) is 11.9 Å². The van der Waals surface area contributed by atoms with Crippen molar-refractivity contribution in [1.82, 2.24) is 4.98 Å². The van der Waals surface area contributed by atoms with E-state index in [0.717, 1.165) is 10.6 Å². The van der Waals surface area contributed by atoms with Crippen LogP contribution >= 0.6 is 11.6 Å². The van der Waals surface area contributed by atoms with Crippen LogP contribution in [0.4, 0.5) is 5.69 Å². The second kappa shape index (κ2) is 4.04. The summed E-state index contributed by atoms with van der Waals surface area (Å²) in [4.78, 5) is 3.72. The van der Waals surface area contributed by atoms with Crippen molar-refractivity contribution in [2.24, 2.45) is 0 Å². The average molecular weight is 246 g/mol. The minimum Gasteiger partial charge on any atom is -0.271 e. The predicted octanol–water partition coefficient (Wildman–Crippen LogP) is 1.00. The van der Waals surface area contributed by atoms with Gasteiger partial charge in [0, 0.05) is 7.05 Å². The van der Waals surface area contributed by atoms with Gasteiger partial charge in [-0.15, -0.1) is 0 Å². The predicted molar refractivity (Wildman–Crippen MR) is 57.2 cm³/mol. The Labute approximate surface area is 93.0 Å². The van der Waals surface area contributed by atoms with E-state index in [4.69, 9.17) is 16.9 Å². The third-order valence-electron chi connectivity index (χ3n) is 1.78. The second-order valence-corrected chi connectivity index (χ2v) is 5.25. The Morgan fingerprint density at radius 1 is 1.53 bits per heavy atom. The maximum absolute atomic E-state index is 11.2. The van der Waals surface area contributed by atoms with Crippen LogP contribution in [0.2, 0.25) is 5.15 Å². The summed E-state index contributed by atoms with van der Waals surface area (Å²) < 4.78 is 23.5. The lowest BCUT2D eigenvalue weighted by Gasteiger charge is -2.16. The fraction of sp³-hybridized carbons (Fsp3) is 0.250. The van der Waals surface area contributed by atoms with E-state index in [1.807, 2.05) is 0 Å². The Balaban J connectivity index is 3.34. The molecule has 0 aliphatic carbocycles. The van der Waals surface area contributed by atoms with Crippen LogP contribution in [0.15, 0.2) is 12.1 Å². The Kier molecular flexibility index (Phi) is 3.17. The number of nitrogens with zero attached hydrogens (tertiary/aromatic N) is 3. The van der Waals surface area contributed by atoms with E-state index in [9.17, 15) is 8.42 Å². The first-order valence-electron chi connectivity index (χ1n) is 3.87. The van der Waals surface area contributed by atoms with Gasteiger partial charge in [-0.1, -0.05) is 11.6 Å². The van der Waals surface area contributed by atoms with Crippen molar-refractivity contribution in [3.63, 3.8) is 0 Å². The van der Waals surface area contributed by atoms with Gasteiger partial charge in [-0.2, -0.15) is 5.26 Å². The highest BCUT2D eigenvalue weighted by atomic mass is 35.5. The molecule has 80 valence electrons. The monoisotopic (exact) mass is 245 g/mol. The number of aromatic nitrogens is 1. The van der Waals surface area contributed by atoms with Crippen molar-refractivity contribution in [2.45, 2.75) is 0 Å². The molecule has 0 saturated carbocycles. The van der Waals surface area contributed by atoms with Gasteiger partial charge in [0.25, 0.3) is 0 Å². The topological polar surface area (TPSA) is 74.1 Å². The van der Waals surface area contributed by atoms with Crippen LogP contribution in [0.25, 0.3) is 0 Å². The first kappa shape index (κ1) is 11.8. The minimum absolute atomic E-state index is 0.0181. The van der Waals surface area contributed by atoms with E-state index in [2.05, 4.69) is 4.98 Å². The van der Waals surface area contributed by atoms with E-state index in [1.165, 1.54) is 19.2 Å².